The highest BCUT2D eigenvalue weighted by molar-refractivity contribution is 6.33. The molecule has 0 aliphatic heterocycles. The molecule has 2 aromatic heterocycles. The molecule has 0 unspecified atom stereocenters. The van der Waals surface area contributed by atoms with Gasteiger partial charge in [0.05, 0.1) is 11.3 Å². The van der Waals surface area contributed by atoms with Gasteiger partial charge in [0.25, 0.3) is 0 Å². The molecule has 5 nitrogen and oxygen atoms in total. The van der Waals surface area contributed by atoms with Crippen molar-refractivity contribution in [3.05, 3.63) is 23.7 Å². The Labute approximate surface area is 115 Å². The zero-order valence-electron chi connectivity index (χ0n) is 10.3. The van der Waals surface area contributed by atoms with Gasteiger partial charge in [-0.2, -0.15) is 0 Å². The molecule has 100 valence electrons. The molecule has 2 aromatic rings. The van der Waals surface area contributed by atoms with E-state index in [0.29, 0.717) is 11.6 Å². The van der Waals surface area contributed by atoms with Crippen LogP contribution in [-0.4, -0.2) is 25.6 Å². The number of aromatic nitrogens is 3. The molecule has 19 heavy (non-hydrogen) atoms. The van der Waals surface area contributed by atoms with Crippen molar-refractivity contribution >= 4 is 28.6 Å². The van der Waals surface area contributed by atoms with E-state index < -0.39 is 5.97 Å². The molecular formula is C13H14ClN3O2. The van der Waals surface area contributed by atoms with Gasteiger partial charge in [0.1, 0.15) is 17.1 Å². The average Bonchev–Trinajstić information content (AvgIpc) is 2.84. The fourth-order valence-electron chi connectivity index (χ4n) is 2.88. The molecule has 0 bridgehead atoms. The summed E-state index contributed by atoms with van der Waals surface area (Å²) in [6, 6.07) is 2.07. The molecule has 3 rings (SSSR count). The van der Waals surface area contributed by atoms with Crippen molar-refractivity contribution in [2.24, 2.45) is 5.92 Å². The number of nitrogens with zero attached hydrogens (tertiary/aromatic N) is 3. The molecule has 0 saturated heterocycles. The number of aliphatic carboxylic acids is 1. The van der Waals surface area contributed by atoms with Gasteiger partial charge in [-0.05, 0) is 25.3 Å². The summed E-state index contributed by atoms with van der Waals surface area (Å²) >= 11 is 6.03. The summed E-state index contributed by atoms with van der Waals surface area (Å²) in [6.45, 7) is 0. The van der Waals surface area contributed by atoms with Crippen molar-refractivity contribution in [3.63, 3.8) is 0 Å². The number of fused-ring (bicyclic) bond motifs is 1. The summed E-state index contributed by atoms with van der Waals surface area (Å²) in [4.78, 5) is 19.4. The first-order chi connectivity index (χ1) is 9.16. The molecule has 1 aliphatic rings. The van der Waals surface area contributed by atoms with Crippen LogP contribution >= 0.6 is 11.6 Å². The largest absolute Gasteiger partial charge is 0.481 e. The summed E-state index contributed by atoms with van der Waals surface area (Å²) in [5.41, 5.74) is 0.788. The number of carbonyl (C=O) groups is 1. The van der Waals surface area contributed by atoms with Crippen molar-refractivity contribution < 1.29 is 9.90 Å². The van der Waals surface area contributed by atoms with Crippen molar-refractivity contribution in [2.45, 2.75) is 31.7 Å². The van der Waals surface area contributed by atoms with E-state index >= 15 is 0 Å². The van der Waals surface area contributed by atoms with Crippen LogP contribution in [-0.2, 0) is 4.79 Å². The maximum atomic E-state index is 11.1. The Morgan fingerprint density at radius 3 is 3.05 bits per heavy atom. The molecule has 0 aromatic carbocycles. The Hall–Kier alpha value is -1.62. The third kappa shape index (κ3) is 2.18. The second-order valence-electron chi connectivity index (χ2n) is 4.98. The van der Waals surface area contributed by atoms with Crippen LogP contribution < -0.4 is 0 Å². The number of carboxylic acids is 1. The monoisotopic (exact) mass is 279 g/mol. The third-order valence-electron chi connectivity index (χ3n) is 3.85. The van der Waals surface area contributed by atoms with Crippen LogP contribution in [0.15, 0.2) is 18.6 Å². The lowest BCUT2D eigenvalue weighted by atomic mass is 9.85. The molecule has 1 fully saturated rings. The normalized spacial score (nSPS) is 23.6. The van der Waals surface area contributed by atoms with Gasteiger partial charge in [-0.25, -0.2) is 9.97 Å². The molecule has 0 amide bonds. The van der Waals surface area contributed by atoms with Gasteiger partial charge in [0, 0.05) is 12.2 Å². The third-order valence-corrected chi connectivity index (χ3v) is 4.15. The highest BCUT2D eigenvalue weighted by Gasteiger charge is 2.28. The molecule has 1 aliphatic carbocycles. The summed E-state index contributed by atoms with van der Waals surface area (Å²) < 4.78 is 2.04. The fourth-order valence-corrected chi connectivity index (χ4v) is 3.07. The maximum absolute atomic E-state index is 11.1. The van der Waals surface area contributed by atoms with E-state index in [1.807, 2.05) is 16.8 Å². The number of rotatable bonds is 2. The SMILES string of the molecule is O=C(O)[C@H]1CCC[C@@H](n2ccc3c(Cl)ncnc32)C1. The van der Waals surface area contributed by atoms with Gasteiger partial charge in [-0.3, -0.25) is 4.79 Å². The minimum Gasteiger partial charge on any atom is -0.481 e. The Morgan fingerprint density at radius 2 is 2.26 bits per heavy atom. The molecule has 1 N–H and O–H groups in total. The zero-order chi connectivity index (χ0) is 13.4. The van der Waals surface area contributed by atoms with Gasteiger partial charge in [-0.15, -0.1) is 0 Å². The highest BCUT2D eigenvalue weighted by atomic mass is 35.5. The van der Waals surface area contributed by atoms with E-state index in [2.05, 4.69) is 9.97 Å². The molecule has 6 heteroatoms. The zero-order valence-corrected chi connectivity index (χ0v) is 11.0. The van der Waals surface area contributed by atoms with Crippen LogP contribution in [0.5, 0.6) is 0 Å². The van der Waals surface area contributed by atoms with Crippen molar-refractivity contribution in [1.29, 1.82) is 0 Å². The number of halogens is 1. The topological polar surface area (TPSA) is 68.0 Å². The Morgan fingerprint density at radius 1 is 1.42 bits per heavy atom. The lowest BCUT2D eigenvalue weighted by Crippen LogP contribution is -2.24. The number of hydrogen-bond acceptors (Lipinski definition) is 3. The first kappa shape index (κ1) is 12.4. The number of carboxylic acid groups (broad SMARTS) is 1. The van der Waals surface area contributed by atoms with Crippen LogP contribution in [0, 0.1) is 5.92 Å². The quantitative estimate of drug-likeness (QED) is 0.858. The first-order valence-corrected chi connectivity index (χ1v) is 6.74. The molecule has 0 spiro atoms. The fraction of sp³-hybridized carbons (Fsp3) is 0.462. The number of hydrogen-bond donors (Lipinski definition) is 1. The van der Waals surface area contributed by atoms with E-state index in [0.717, 1.165) is 30.3 Å². The molecule has 0 radical (unpaired) electrons. The lowest BCUT2D eigenvalue weighted by molar-refractivity contribution is -0.143. The minimum atomic E-state index is -0.700. The van der Waals surface area contributed by atoms with Crippen LogP contribution in [0.1, 0.15) is 31.7 Å². The first-order valence-electron chi connectivity index (χ1n) is 6.36. The Balaban J connectivity index is 1.96. The molecule has 1 saturated carbocycles. The van der Waals surface area contributed by atoms with Crippen molar-refractivity contribution in [2.75, 3.05) is 0 Å². The van der Waals surface area contributed by atoms with Crippen LogP contribution in [0.3, 0.4) is 0 Å². The predicted molar refractivity (Wildman–Crippen MR) is 71.2 cm³/mol. The van der Waals surface area contributed by atoms with E-state index in [1.54, 1.807) is 0 Å². The molecule has 2 atom stereocenters. The second kappa shape index (κ2) is 4.81. The van der Waals surface area contributed by atoms with E-state index in [4.69, 9.17) is 16.7 Å². The van der Waals surface area contributed by atoms with E-state index in [-0.39, 0.29) is 12.0 Å². The maximum Gasteiger partial charge on any atom is 0.306 e. The van der Waals surface area contributed by atoms with Gasteiger partial charge in [0.2, 0.25) is 0 Å². The average molecular weight is 280 g/mol. The van der Waals surface area contributed by atoms with Crippen molar-refractivity contribution in [1.82, 2.24) is 14.5 Å². The van der Waals surface area contributed by atoms with Gasteiger partial charge in [-0.1, -0.05) is 18.0 Å². The Kier molecular flexibility index (Phi) is 3.14. The van der Waals surface area contributed by atoms with Gasteiger partial charge >= 0.3 is 5.97 Å². The Bertz CT molecular complexity index is 625. The standard InChI is InChI=1S/C13H14ClN3O2/c14-11-10-4-5-17(12(10)16-7-15-11)9-3-1-2-8(6-9)13(18)19/h4-5,7-9H,1-3,6H2,(H,18,19)/t8-,9+/m0/s1. The van der Waals surface area contributed by atoms with Crippen LogP contribution in [0.25, 0.3) is 11.0 Å². The highest BCUT2D eigenvalue weighted by Crippen LogP contribution is 2.35. The smallest absolute Gasteiger partial charge is 0.306 e. The van der Waals surface area contributed by atoms with E-state index in [9.17, 15) is 4.79 Å². The van der Waals surface area contributed by atoms with Crippen LogP contribution in [0.4, 0.5) is 0 Å². The summed E-state index contributed by atoms with van der Waals surface area (Å²) in [6.07, 6.45) is 6.70. The lowest BCUT2D eigenvalue weighted by Gasteiger charge is -2.28. The van der Waals surface area contributed by atoms with E-state index in [1.165, 1.54) is 6.33 Å². The van der Waals surface area contributed by atoms with Gasteiger partial charge in [0.15, 0.2) is 0 Å². The summed E-state index contributed by atoms with van der Waals surface area (Å²) in [5.74, 6) is -0.956. The molecule has 2 heterocycles. The minimum absolute atomic E-state index is 0.179. The summed E-state index contributed by atoms with van der Waals surface area (Å²) in [7, 11) is 0. The van der Waals surface area contributed by atoms with Crippen LogP contribution in [0.2, 0.25) is 5.15 Å². The summed E-state index contributed by atoms with van der Waals surface area (Å²) in [5, 5.41) is 10.4. The predicted octanol–water partition coefficient (Wildman–Crippen LogP) is 2.90. The second-order valence-corrected chi connectivity index (χ2v) is 5.34. The molecular weight excluding hydrogens is 266 g/mol. The van der Waals surface area contributed by atoms with Crippen molar-refractivity contribution in [3.8, 4) is 0 Å². The van der Waals surface area contributed by atoms with Gasteiger partial charge < -0.3 is 9.67 Å².